The number of fused-ring (bicyclic) bond motifs is 3. The van der Waals surface area contributed by atoms with Crippen LogP contribution in [-0.4, -0.2) is 28.9 Å². The lowest BCUT2D eigenvalue weighted by Crippen LogP contribution is -2.14. The van der Waals surface area contributed by atoms with Gasteiger partial charge in [0.15, 0.2) is 5.06 Å². The fraction of sp³-hybridized carbons (Fsp3) is 0.391. The van der Waals surface area contributed by atoms with Crippen molar-refractivity contribution in [3.8, 4) is 22.1 Å². The molecule has 2 N–H and O–H groups in total. The van der Waals surface area contributed by atoms with Crippen LogP contribution >= 0.6 is 18.9 Å². The van der Waals surface area contributed by atoms with Crippen molar-refractivity contribution in [2.75, 3.05) is 13.2 Å². The van der Waals surface area contributed by atoms with E-state index in [-0.39, 0.29) is 6.16 Å². The summed E-state index contributed by atoms with van der Waals surface area (Å²) >= 11 is 1.27. The van der Waals surface area contributed by atoms with Gasteiger partial charge in [0, 0.05) is 6.54 Å². The van der Waals surface area contributed by atoms with Crippen molar-refractivity contribution in [2.24, 2.45) is 5.73 Å². The average molecular weight is 490 g/mol. The molecule has 4 rings (SSSR count). The zero-order chi connectivity index (χ0) is 23.6. The maximum Gasteiger partial charge on any atom is 0.335 e. The molecule has 0 bridgehead atoms. The number of rotatable bonds is 10. The van der Waals surface area contributed by atoms with E-state index in [9.17, 15) is 9.36 Å². The summed E-state index contributed by atoms with van der Waals surface area (Å²) in [6, 6.07) is 7.32. The maximum atomic E-state index is 12.8. The quantitative estimate of drug-likeness (QED) is 0.383. The summed E-state index contributed by atoms with van der Waals surface area (Å²) in [6.07, 6.45) is 3.61. The molecule has 0 radical (unpaired) electrons. The Morgan fingerprint density at radius 1 is 1.15 bits per heavy atom. The Balaban J connectivity index is 1.64. The lowest BCUT2D eigenvalue weighted by atomic mass is 9.91. The summed E-state index contributed by atoms with van der Waals surface area (Å²) in [7, 11) is -3.18. The number of amides is 1. The third kappa shape index (κ3) is 4.77. The second-order valence-electron chi connectivity index (χ2n) is 7.62. The minimum absolute atomic E-state index is 0.189. The Morgan fingerprint density at radius 3 is 2.45 bits per heavy atom. The van der Waals surface area contributed by atoms with Crippen LogP contribution in [0, 0.1) is 0 Å². The molecule has 1 aliphatic carbocycles. The molecule has 8 nitrogen and oxygen atoms in total. The van der Waals surface area contributed by atoms with Gasteiger partial charge in [0.05, 0.1) is 41.7 Å². The summed E-state index contributed by atoms with van der Waals surface area (Å²) in [4.78, 5) is 12.7. The molecule has 1 aromatic carbocycles. The first-order valence-electron chi connectivity index (χ1n) is 11.0. The highest BCUT2D eigenvalue weighted by Crippen LogP contribution is 2.52. The van der Waals surface area contributed by atoms with E-state index in [1.54, 1.807) is 13.8 Å². The largest absolute Gasteiger partial charge is 0.446 e. The van der Waals surface area contributed by atoms with Crippen LogP contribution in [0.1, 0.15) is 47.1 Å². The van der Waals surface area contributed by atoms with Gasteiger partial charge in [0.2, 0.25) is 0 Å². The van der Waals surface area contributed by atoms with Gasteiger partial charge in [-0.05, 0) is 62.4 Å². The van der Waals surface area contributed by atoms with E-state index < -0.39 is 13.5 Å². The molecule has 0 aliphatic heterocycles. The molecule has 0 unspecified atom stereocenters. The lowest BCUT2D eigenvalue weighted by molar-refractivity contribution is 0.100. The Bertz CT molecular complexity index is 1180. The number of aryl methyl sites for hydroxylation is 2. The van der Waals surface area contributed by atoms with Gasteiger partial charge in [-0.15, -0.1) is 0 Å². The monoisotopic (exact) mass is 489 g/mol. The van der Waals surface area contributed by atoms with Crippen LogP contribution in [0.4, 0.5) is 0 Å². The molecule has 0 atom stereocenters. The van der Waals surface area contributed by atoms with E-state index in [2.05, 4.69) is 5.10 Å². The minimum Gasteiger partial charge on any atom is -0.446 e. The highest BCUT2D eigenvalue weighted by molar-refractivity contribution is 7.53. The van der Waals surface area contributed by atoms with Gasteiger partial charge in [-0.3, -0.25) is 14.0 Å². The number of nitrogens with two attached hydrogens (primary N) is 1. The predicted octanol–water partition coefficient (Wildman–Crippen LogP) is 5.39. The van der Waals surface area contributed by atoms with Crippen LogP contribution in [0.2, 0.25) is 0 Å². The van der Waals surface area contributed by atoms with Crippen molar-refractivity contribution < 1.29 is 23.1 Å². The van der Waals surface area contributed by atoms with Crippen LogP contribution in [0.5, 0.6) is 10.8 Å². The number of primary amides is 1. The van der Waals surface area contributed by atoms with Crippen molar-refractivity contribution >= 4 is 24.8 Å². The van der Waals surface area contributed by atoms with Crippen LogP contribution in [0.3, 0.4) is 0 Å². The van der Waals surface area contributed by atoms with E-state index in [1.807, 2.05) is 42.1 Å². The van der Waals surface area contributed by atoms with Crippen LogP contribution in [-0.2, 0) is 39.2 Å². The highest BCUT2D eigenvalue weighted by Gasteiger charge is 2.31. The SMILES string of the molecule is CCOP(=O)(Cc1ccc(Oc2sc(C(N)=O)c3c2-c2c(cnn2CC)CC3)cc1)OCC. The molecule has 1 amide bonds. The number of ether oxygens (including phenoxy) is 1. The van der Waals surface area contributed by atoms with Gasteiger partial charge >= 0.3 is 7.60 Å². The van der Waals surface area contributed by atoms with Crippen molar-refractivity contribution in [3.05, 3.63) is 52.0 Å². The van der Waals surface area contributed by atoms with E-state index in [0.29, 0.717) is 35.4 Å². The topological polar surface area (TPSA) is 106 Å². The second-order valence-corrected chi connectivity index (χ2v) is 10.7. The third-order valence-corrected chi connectivity index (χ3v) is 8.64. The molecule has 176 valence electrons. The molecule has 33 heavy (non-hydrogen) atoms. The molecule has 0 fully saturated rings. The van der Waals surface area contributed by atoms with Gasteiger partial charge in [-0.25, -0.2) is 0 Å². The minimum atomic E-state index is -3.18. The maximum absolute atomic E-state index is 12.8. The summed E-state index contributed by atoms with van der Waals surface area (Å²) < 4.78 is 31.8. The number of carbonyl (C=O) groups excluding carboxylic acids is 1. The fourth-order valence-electron chi connectivity index (χ4n) is 4.10. The number of aromatic nitrogens is 2. The number of hydrogen-bond acceptors (Lipinski definition) is 7. The smallest absolute Gasteiger partial charge is 0.335 e. The van der Waals surface area contributed by atoms with Gasteiger partial charge < -0.3 is 19.5 Å². The van der Waals surface area contributed by atoms with Crippen LogP contribution in [0.25, 0.3) is 11.3 Å². The van der Waals surface area contributed by atoms with Gasteiger partial charge in [0.25, 0.3) is 5.91 Å². The Morgan fingerprint density at radius 2 is 1.85 bits per heavy atom. The molecule has 0 saturated heterocycles. The average Bonchev–Trinajstić information content (AvgIpc) is 3.36. The summed E-state index contributed by atoms with van der Waals surface area (Å²) in [5.74, 6) is 0.159. The van der Waals surface area contributed by atoms with E-state index >= 15 is 0 Å². The highest BCUT2D eigenvalue weighted by atomic mass is 32.1. The van der Waals surface area contributed by atoms with E-state index in [1.165, 1.54) is 11.3 Å². The van der Waals surface area contributed by atoms with Crippen molar-refractivity contribution in [1.82, 2.24) is 9.78 Å². The Kier molecular flexibility index (Phi) is 7.05. The fourth-order valence-corrected chi connectivity index (χ4v) is 6.88. The third-order valence-electron chi connectivity index (χ3n) is 5.46. The van der Waals surface area contributed by atoms with Crippen LogP contribution in [0.15, 0.2) is 30.5 Å². The molecule has 0 spiro atoms. The zero-order valence-electron chi connectivity index (χ0n) is 19.0. The van der Waals surface area contributed by atoms with Gasteiger partial charge in [0.1, 0.15) is 5.75 Å². The summed E-state index contributed by atoms with van der Waals surface area (Å²) in [5, 5.41) is 5.11. The first-order valence-corrected chi connectivity index (χ1v) is 13.6. The first kappa shape index (κ1) is 23.7. The summed E-state index contributed by atoms with van der Waals surface area (Å²) in [6.45, 7) is 6.97. The molecule has 2 aromatic heterocycles. The second kappa shape index (κ2) is 9.81. The van der Waals surface area contributed by atoms with Crippen LogP contribution < -0.4 is 10.5 Å². The molecular weight excluding hydrogens is 461 g/mol. The van der Waals surface area contributed by atoms with Gasteiger partial charge in [-0.1, -0.05) is 23.5 Å². The van der Waals surface area contributed by atoms with E-state index in [0.717, 1.165) is 40.8 Å². The zero-order valence-corrected chi connectivity index (χ0v) is 20.7. The molecular formula is C23H28N3O5PS. The Hall–Kier alpha value is -2.45. The van der Waals surface area contributed by atoms with E-state index in [4.69, 9.17) is 19.5 Å². The molecule has 3 aromatic rings. The Labute approximate surface area is 197 Å². The summed E-state index contributed by atoms with van der Waals surface area (Å²) in [5.41, 5.74) is 10.5. The predicted molar refractivity (Wildman–Crippen MR) is 128 cm³/mol. The van der Waals surface area contributed by atoms with Crippen molar-refractivity contribution in [1.29, 1.82) is 0 Å². The molecule has 1 aliphatic rings. The normalized spacial score (nSPS) is 12.9. The molecule has 0 saturated carbocycles. The first-order chi connectivity index (χ1) is 15.9. The molecule has 10 heteroatoms. The number of carbonyl (C=O) groups is 1. The van der Waals surface area contributed by atoms with Crippen molar-refractivity contribution in [2.45, 2.75) is 46.3 Å². The number of nitrogens with zero attached hydrogens (tertiary/aromatic N) is 2. The van der Waals surface area contributed by atoms with Crippen molar-refractivity contribution in [3.63, 3.8) is 0 Å². The number of hydrogen-bond donors (Lipinski definition) is 1. The lowest BCUT2D eigenvalue weighted by Gasteiger charge is -2.18. The standard InChI is InChI=1S/C23H28N3O5PS/c1-4-26-20-16(13-25-26)9-12-18-19(20)23(33-21(18)22(24)27)31-17-10-7-15(8-11-17)14-32(28,29-5-2)30-6-3/h7-8,10-11,13H,4-6,9,12,14H2,1-3H3,(H2,24,27). The molecule has 2 heterocycles. The number of thiophene rings is 1. The van der Waals surface area contributed by atoms with Gasteiger partial charge in [-0.2, -0.15) is 5.10 Å². The number of benzene rings is 1.